The molecule has 17 heavy (non-hydrogen) atoms. The van der Waals surface area contributed by atoms with E-state index in [4.69, 9.17) is 0 Å². The van der Waals surface area contributed by atoms with Gasteiger partial charge in [0, 0.05) is 13.1 Å². The van der Waals surface area contributed by atoms with Gasteiger partial charge < -0.3 is 9.80 Å². The third kappa shape index (κ3) is 2.99. The standard InChI is InChI=1S/C13H25N3O/c1-3-5-12-14-8-13(17)16(12)10-11-6-7-15(4-2)9-11/h11-12,14H,3-10H2,1-2H3. The summed E-state index contributed by atoms with van der Waals surface area (Å²) in [4.78, 5) is 16.4. The molecule has 0 saturated carbocycles. The van der Waals surface area contributed by atoms with Gasteiger partial charge in [-0.3, -0.25) is 10.1 Å². The van der Waals surface area contributed by atoms with E-state index in [-0.39, 0.29) is 0 Å². The highest BCUT2D eigenvalue weighted by Gasteiger charge is 2.33. The Labute approximate surface area is 104 Å². The van der Waals surface area contributed by atoms with Crippen molar-refractivity contribution in [1.29, 1.82) is 0 Å². The van der Waals surface area contributed by atoms with Gasteiger partial charge in [-0.1, -0.05) is 20.3 Å². The Balaban J connectivity index is 1.86. The molecular formula is C13H25N3O. The Hall–Kier alpha value is -0.610. The molecule has 0 radical (unpaired) electrons. The summed E-state index contributed by atoms with van der Waals surface area (Å²) in [5, 5.41) is 3.32. The van der Waals surface area contributed by atoms with Crippen molar-refractivity contribution in [3.63, 3.8) is 0 Å². The lowest BCUT2D eigenvalue weighted by Gasteiger charge is -2.27. The van der Waals surface area contributed by atoms with Gasteiger partial charge in [0.1, 0.15) is 0 Å². The topological polar surface area (TPSA) is 35.6 Å². The molecular weight excluding hydrogens is 214 g/mol. The van der Waals surface area contributed by atoms with E-state index in [0.29, 0.717) is 24.5 Å². The highest BCUT2D eigenvalue weighted by Crippen LogP contribution is 2.20. The van der Waals surface area contributed by atoms with Crippen molar-refractivity contribution in [3.8, 4) is 0 Å². The lowest BCUT2D eigenvalue weighted by atomic mass is 10.1. The summed E-state index contributed by atoms with van der Waals surface area (Å²) in [6, 6.07) is 0. The average Bonchev–Trinajstić information content (AvgIpc) is 2.91. The number of likely N-dealkylation sites (tertiary alicyclic amines) is 1. The van der Waals surface area contributed by atoms with Gasteiger partial charge in [0.2, 0.25) is 5.91 Å². The zero-order valence-electron chi connectivity index (χ0n) is 11.1. The van der Waals surface area contributed by atoms with E-state index in [1.807, 2.05) is 0 Å². The molecule has 2 saturated heterocycles. The maximum atomic E-state index is 11.8. The zero-order valence-corrected chi connectivity index (χ0v) is 11.1. The van der Waals surface area contributed by atoms with Crippen molar-refractivity contribution < 1.29 is 4.79 Å². The SMILES string of the molecule is CCCC1NCC(=O)N1CC1CCN(CC)C1. The Morgan fingerprint density at radius 2 is 2.24 bits per heavy atom. The minimum absolute atomic E-state index is 0.290. The lowest BCUT2D eigenvalue weighted by molar-refractivity contribution is -0.128. The molecule has 2 rings (SSSR count). The van der Waals surface area contributed by atoms with Gasteiger partial charge in [0.05, 0.1) is 12.7 Å². The van der Waals surface area contributed by atoms with Crippen LogP contribution in [-0.2, 0) is 4.79 Å². The highest BCUT2D eigenvalue weighted by molar-refractivity contribution is 5.80. The largest absolute Gasteiger partial charge is 0.326 e. The average molecular weight is 239 g/mol. The van der Waals surface area contributed by atoms with E-state index in [1.54, 1.807) is 0 Å². The minimum atomic E-state index is 0.290. The number of nitrogens with zero attached hydrogens (tertiary/aromatic N) is 2. The second kappa shape index (κ2) is 5.83. The Kier molecular flexibility index (Phi) is 4.40. The molecule has 0 bridgehead atoms. The van der Waals surface area contributed by atoms with E-state index in [1.165, 1.54) is 19.5 Å². The molecule has 98 valence electrons. The maximum absolute atomic E-state index is 11.8. The molecule has 2 heterocycles. The van der Waals surface area contributed by atoms with Crippen molar-refractivity contribution in [3.05, 3.63) is 0 Å². The molecule has 0 aliphatic carbocycles. The second-order valence-corrected chi connectivity index (χ2v) is 5.28. The summed E-state index contributed by atoms with van der Waals surface area (Å²) in [5.41, 5.74) is 0. The van der Waals surface area contributed by atoms with Crippen LogP contribution in [0.5, 0.6) is 0 Å². The molecule has 0 aromatic heterocycles. The predicted octanol–water partition coefficient (Wildman–Crippen LogP) is 0.886. The number of hydrogen-bond acceptors (Lipinski definition) is 3. The summed E-state index contributed by atoms with van der Waals surface area (Å²) in [6.07, 6.45) is 3.75. The lowest BCUT2D eigenvalue weighted by Crippen LogP contribution is -2.40. The number of amides is 1. The molecule has 4 heteroatoms. The second-order valence-electron chi connectivity index (χ2n) is 5.28. The smallest absolute Gasteiger partial charge is 0.237 e. The first-order chi connectivity index (χ1) is 8.24. The first kappa shape index (κ1) is 12.8. The third-order valence-corrected chi connectivity index (χ3v) is 4.02. The van der Waals surface area contributed by atoms with E-state index >= 15 is 0 Å². The van der Waals surface area contributed by atoms with Gasteiger partial charge in [-0.2, -0.15) is 0 Å². The van der Waals surface area contributed by atoms with Crippen molar-refractivity contribution in [2.45, 2.75) is 39.3 Å². The Morgan fingerprint density at radius 3 is 2.88 bits per heavy atom. The van der Waals surface area contributed by atoms with E-state index in [0.717, 1.165) is 25.9 Å². The van der Waals surface area contributed by atoms with Crippen LogP contribution in [0, 0.1) is 5.92 Å². The van der Waals surface area contributed by atoms with E-state index in [9.17, 15) is 4.79 Å². The minimum Gasteiger partial charge on any atom is -0.326 e. The number of carbonyl (C=O) groups excluding carboxylic acids is 1. The predicted molar refractivity (Wildman–Crippen MR) is 68.6 cm³/mol. The Bertz CT molecular complexity index is 269. The van der Waals surface area contributed by atoms with Crippen LogP contribution in [0.3, 0.4) is 0 Å². The number of rotatable bonds is 5. The fourth-order valence-corrected chi connectivity index (χ4v) is 2.98. The van der Waals surface area contributed by atoms with Crippen molar-refractivity contribution in [2.75, 3.05) is 32.7 Å². The van der Waals surface area contributed by atoms with Crippen LogP contribution in [0.1, 0.15) is 33.1 Å². The van der Waals surface area contributed by atoms with E-state index in [2.05, 4.69) is 29.0 Å². The summed E-state index contributed by atoms with van der Waals surface area (Å²) in [5.74, 6) is 0.969. The van der Waals surface area contributed by atoms with Crippen LogP contribution in [0.15, 0.2) is 0 Å². The van der Waals surface area contributed by atoms with Crippen LogP contribution in [0.4, 0.5) is 0 Å². The maximum Gasteiger partial charge on any atom is 0.237 e. The fourth-order valence-electron chi connectivity index (χ4n) is 2.98. The molecule has 2 atom stereocenters. The van der Waals surface area contributed by atoms with Crippen molar-refractivity contribution in [1.82, 2.24) is 15.1 Å². The zero-order chi connectivity index (χ0) is 12.3. The van der Waals surface area contributed by atoms with E-state index < -0.39 is 0 Å². The molecule has 2 aliphatic heterocycles. The molecule has 2 fully saturated rings. The number of hydrogen-bond donors (Lipinski definition) is 1. The van der Waals surface area contributed by atoms with Crippen molar-refractivity contribution in [2.24, 2.45) is 5.92 Å². The van der Waals surface area contributed by atoms with Crippen LogP contribution < -0.4 is 5.32 Å². The van der Waals surface area contributed by atoms with Gasteiger partial charge in [0.25, 0.3) is 0 Å². The molecule has 0 aromatic rings. The van der Waals surface area contributed by atoms with Crippen LogP contribution >= 0.6 is 0 Å². The van der Waals surface area contributed by atoms with Gasteiger partial charge in [-0.05, 0) is 31.8 Å². The normalized spacial score (nSPS) is 30.5. The molecule has 4 nitrogen and oxygen atoms in total. The summed E-state index contributed by atoms with van der Waals surface area (Å²) in [7, 11) is 0. The molecule has 0 aromatic carbocycles. The third-order valence-electron chi connectivity index (χ3n) is 4.02. The van der Waals surface area contributed by atoms with Gasteiger partial charge >= 0.3 is 0 Å². The monoisotopic (exact) mass is 239 g/mol. The number of nitrogens with one attached hydrogen (secondary N) is 1. The fraction of sp³-hybridized carbons (Fsp3) is 0.923. The van der Waals surface area contributed by atoms with Crippen LogP contribution in [0.2, 0.25) is 0 Å². The molecule has 0 spiro atoms. The first-order valence-electron chi connectivity index (χ1n) is 6.99. The Morgan fingerprint density at radius 1 is 1.41 bits per heavy atom. The quantitative estimate of drug-likeness (QED) is 0.774. The van der Waals surface area contributed by atoms with Crippen molar-refractivity contribution >= 4 is 5.91 Å². The molecule has 2 aliphatic rings. The first-order valence-corrected chi connectivity index (χ1v) is 6.99. The molecule has 1 N–H and O–H groups in total. The number of carbonyl (C=O) groups is 1. The van der Waals surface area contributed by atoms with Crippen LogP contribution in [0.25, 0.3) is 0 Å². The van der Waals surface area contributed by atoms with Crippen LogP contribution in [-0.4, -0.2) is 54.6 Å². The van der Waals surface area contributed by atoms with Gasteiger partial charge in [0.15, 0.2) is 0 Å². The molecule has 1 amide bonds. The summed E-state index contributed by atoms with van der Waals surface area (Å²) < 4.78 is 0. The van der Waals surface area contributed by atoms with Gasteiger partial charge in [-0.15, -0.1) is 0 Å². The highest BCUT2D eigenvalue weighted by atomic mass is 16.2. The summed E-state index contributed by atoms with van der Waals surface area (Å²) in [6.45, 7) is 9.39. The van der Waals surface area contributed by atoms with Gasteiger partial charge in [-0.25, -0.2) is 0 Å². The molecule has 2 unspecified atom stereocenters. The summed E-state index contributed by atoms with van der Waals surface area (Å²) >= 11 is 0.